The second kappa shape index (κ2) is 2.85. The highest BCUT2D eigenvalue weighted by atomic mass is 16.6. The lowest BCUT2D eigenvalue weighted by Gasteiger charge is -2.21. The summed E-state index contributed by atoms with van der Waals surface area (Å²) in [4.78, 5) is 11.4. The van der Waals surface area contributed by atoms with Crippen LogP contribution in [0, 0.1) is 6.92 Å². The van der Waals surface area contributed by atoms with Crippen LogP contribution in [-0.4, -0.2) is 17.2 Å². The molecule has 1 N–H and O–H groups in total. The molecule has 0 saturated carbocycles. The average Bonchev–Trinajstić information content (AvgIpc) is 2.06. The molecule has 0 bridgehead atoms. The first-order chi connectivity index (χ1) is 6.16. The number of benzene rings is 1. The van der Waals surface area contributed by atoms with Gasteiger partial charge in [0.15, 0.2) is 5.78 Å². The van der Waals surface area contributed by atoms with Gasteiger partial charge in [-0.15, -0.1) is 0 Å². The fourth-order valence-corrected chi connectivity index (χ4v) is 1.42. The molecule has 68 valence electrons. The first-order valence-corrected chi connectivity index (χ1v) is 4.15. The second-order valence-corrected chi connectivity index (χ2v) is 3.20. The van der Waals surface area contributed by atoms with Gasteiger partial charge in [0.2, 0.25) is 6.29 Å². The lowest BCUT2D eigenvalue weighted by Crippen LogP contribution is -2.26. The van der Waals surface area contributed by atoms with Gasteiger partial charge in [0.25, 0.3) is 0 Å². The number of carbonyl (C=O) groups excluding carboxylic acids is 1. The first kappa shape index (κ1) is 8.26. The molecule has 0 saturated heterocycles. The van der Waals surface area contributed by atoms with E-state index in [1.807, 2.05) is 13.0 Å². The molecule has 13 heavy (non-hydrogen) atoms. The van der Waals surface area contributed by atoms with Gasteiger partial charge >= 0.3 is 0 Å². The first-order valence-electron chi connectivity index (χ1n) is 4.15. The van der Waals surface area contributed by atoms with E-state index in [0.29, 0.717) is 11.3 Å². The maximum Gasteiger partial charge on any atom is 0.204 e. The van der Waals surface area contributed by atoms with E-state index in [2.05, 4.69) is 0 Å². The van der Waals surface area contributed by atoms with Crippen LogP contribution in [0.2, 0.25) is 0 Å². The molecular formula is C10H10O3. The molecule has 1 aliphatic heterocycles. The van der Waals surface area contributed by atoms with Gasteiger partial charge in [-0.05, 0) is 19.1 Å². The number of aliphatic hydroxyl groups is 1. The van der Waals surface area contributed by atoms with Crippen molar-refractivity contribution in [1.82, 2.24) is 0 Å². The van der Waals surface area contributed by atoms with Gasteiger partial charge < -0.3 is 9.84 Å². The minimum atomic E-state index is -0.984. The Balaban J connectivity index is 2.49. The highest BCUT2D eigenvalue weighted by molar-refractivity contribution is 5.99. The topological polar surface area (TPSA) is 46.5 Å². The Morgan fingerprint density at radius 1 is 1.54 bits per heavy atom. The number of fused-ring (bicyclic) bond motifs is 1. The van der Waals surface area contributed by atoms with Crippen LogP contribution in [0.4, 0.5) is 0 Å². The van der Waals surface area contributed by atoms with Crippen molar-refractivity contribution >= 4 is 5.78 Å². The quantitative estimate of drug-likeness (QED) is 0.651. The molecule has 0 spiro atoms. The summed E-state index contributed by atoms with van der Waals surface area (Å²) in [5.74, 6) is 0.423. The summed E-state index contributed by atoms with van der Waals surface area (Å²) in [6, 6.07) is 5.35. The van der Waals surface area contributed by atoms with Crippen molar-refractivity contribution in [2.75, 3.05) is 0 Å². The molecule has 1 atom stereocenters. The molecular weight excluding hydrogens is 168 g/mol. The third-order valence-electron chi connectivity index (χ3n) is 2.06. The zero-order valence-electron chi connectivity index (χ0n) is 7.28. The van der Waals surface area contributed by atoms with Crippen LogP contribution >= 0.6 is 0 Å². The van der Waals surface area contributed by atoms with Crippen molar-refractivity contribution in [2.24, 2.45) is 0 Å². The Kier molecular flexibility index (Phi) is 1.81. The smallest absolute Gasteiger partial charge is 0.204 e. The van der Waals surface area contributed by atoms with Crippen molar-refractivity contribution < 1.29 is 14.6 Å². The van der Waals surface area contributed by atoms with E-state index in [1.165, 1.54) is 0 Å². The number of Topliss-reactive ketones (excluding diaryl/α,β-unsaturated/α-hetero) is 1. The Morgan fingerprint density at radius 2 is 2.31 bits per heavy atom. The summed E-state index contributed by atoms with van der Waals surface area (Å²) in [6.45, 7) is 1.92. The van der Waals surface area contributed by atoms with Crippen LogP contribution in [0.3, 0.4) is 0 Å². The van der Waals surface area contributed by atoms with Crippen molar-refractivity contribution in [3.05, 3.63) is 29.3 Å². The molecule has 0 aliphatic carbocycles. The standard InChI is InChI=1S/C10H10O3/c1-6-2-3-9-7(4-6)8(11)5-10(12)13-9/h2-4,10,12H,5H2,1H3. The largest absolute Gasteiger partial charge is 0.464 e. The average molecular weight is 178 g/mol. The lowest BCUT2D eigenvalue weighted by atomic mass is 10.0. The second-order valence-electron chi connectivity index (χ2n) is 3.20. The molecule has 3 nitrogen and oxygen atoms in total. The number of hydrogen-bond donors (Lipinski definition) is 1. The van der Waals surface area contributed by atoms with E-state index in [9.17, 15) is 4.79 Å². The fraction of sp³-hybridized carbons (Fsp3) is 0.300. The minimum absolute atomic E-state index is 0.0520. The summed E-state index contributed by atoms with van der Waals surface area (Å²) in [7, 11) is 0. The van der Waals surface area contributed by atoms with E-state index >= 15 is 0 Å². The van der Waals surface area contributed by atoms with E-state index < -0.39 is 6.29 Å². The highest BCUT2D eigenvalue weighted by Gasteiger charge is 2.24. The van der Waals surface area contributed by atoms with Gasteiger partial charge in [-0.25, -0.2) is 0 Å². The molecule has 0 aromatic heterocycles. The van der Waals surface area contributed by atoms with Crippen molar-refractivity contribution in [2.45, 2.75) is 19.6 Å². The summed E-state index contributed by atoms with van der Waals surface area (Å²) in [6.07, 6.45) is -0.932. The summed E-state index contributed by atoms with van der Waals surface area (Å²) in [5.41, 5.74) is 1.59. The van der Waals surface area contributed by atoms with Gasteiger partial charge in [0.05, 0.1) is 12.0 Å². The maximum absolute atomic E-state index is 11.4. The third kappa shape index (κ3) is 1.42. The van der Waals surface area contributed by atoms with Crippen molar-refractivity contribution in [3.8, 4) is 5.75 Å². The molecule has 1 aliphatic rings. The molecule has 1 unspecified atom stereocenters. The van der Waals surface area contributed by atoms with E-state index in [-0.39, 0.29) is 12.2 Å². The summed E-state index contributed by atoms with van der Waals surface area (Å²) >= 11 is 0. The van der Waals surface area contributed by atoms with Crippen LogP contribution in [0.15, 0.2) is 18.2 Å². The SMILES string of the molecule is Cc1ccc2c(c1)C(=O)CC(O)O2. The predicted molar refractivity (Wildman–Crippen MR) is 46.8 cm³/mol. The van der Waals surface area contributed by atoms with Crippen molar-refractivity contribution in [3.63, 3.8) is 0 Å². The lowest BCUT2D eigenvalue weighted by molar-refractivity contribution is -0.0246. The molecule has 1 aromatic rings. The molecule has 2 rings (SSSR count). The number of hydrogen-bond acceptors (Lipinski definition) is 3. The number of aryl methyl sites for hydroxylation is 1. The van der Waals surface area contributed by atoms with Crippen LogP contribution in [0.5, 0.6) is 5.75 Å². The number of ether oxygens (including phenoxy) is 1. The van der Waals surface area contributed by atoms with Crippen LogP contribution < -0.4 is 4.74 Å². The molecule has 0 amide bonds. The van der Waals surface area contributed by atoms with Gasteiger partial charge in [-0.2, -0.15) is 0 Å². The van der Waals surface area contributed by atoms with Gasteiger partial charge in [0.1, 0.15) is 5.75 Å². The van der Waals surface area contributed by atoms with Crippen molar-refractivity contribution in [1.29, 1.82) is 0 Å². The summed E-state index contributed by atoms with van der Waals surface area (Å²) in [5, 5.41) is 9.15. The van der Waals surface area contributed by atoms with E-state index in [1.54, 1.807) is 12.1 Å². The van der Waals surface area contributed by atoms with Crippen LogP contribution in [0.25, 0.3) is 0 Å². The Labute approximate surface area is 76.0 Å². The van der Waals surface area contributed by atoms with Gasteiger partial charge in [-0.3, -0.25) is 4.79 Å². The third-order valence-corrected chi connectivity index (χ3v) is 2.06. The zero-order chi connectivity index (χ0) is 9.42. The zero-order valence-corrected chi connectivity index (χ0v) is 7.28. The van der Waals surface area contributed by atoms with Gasteiger partial charge in [0, 0.05) is 0 Å². The summed E-state index contributed by atoms with van der Waals surface area (Å²) < 4.78 is 5.09. The molecule has 1 aromatic carbocycles. The number of rotatable bonds is 0. The molecule has 0 radical (unpaired) electrons. The maximum atomic E-state index is 11.4. The predicted octanol–water partition coefficient (Wildman–Crippen LogP) is 1.28. The number of ketones is 1. The Morgan fingerprint density at radius 3 is 3.08 bits per heavy atom. The Bertz CT molecular complexity index is 357. The number of carbonyl (C=O) groups is 1. The molecule has 0 fully saturated rings. The Hall–Kier alpha value is -1.35. The molecule has 1 heterocycles. The minimum Gasteiger partial charge on any atom is -0.464 e. The van der Waals surface area contributed by atoms with Crippen LogP contribution in [0.1, 0.15) is 22.3 Å². The van der Waals surface area contributed by atoms with E-state index in [0.717, 1.165) is 5.56 Å². The van der Waals surface area contributed by atoms with Gasteiger partial charge in [-0.1, -0.05) is 11.6 Å². The normalized spacial score (nSPS) is 20.8. The molecule has 3 heteroatoms. The number of aliphatic hydroxyl groups excluding tert-OH is 1. The highest BCUT2D eigenvalue weighted by Crippen LogP contribution is 2.27. The fourth-order valence-electron chi connectivity index (χ4n) is 1.42. The monoisotopic (exact) mass is 178 g/mol. The van der Waals surface area contributed by atoms with E-state index in [4.69, 9.17) is 9.84 Å². The van der Waals surface area contributed by atoms with Crippen LogP contribution in [-0.2, 0) is 0 Å².